The van der Waals surface area contributed by atoms with Gasteiger partial charge in [-0.2, -0.15) is 0 Å². The van der Waals surface area contributed by atoms with Crippen molar-refractivity contribution in [2.24, 2.45) is 4.99 Å². The summed E-state index contributed by atoms with van der Waals surface area (Å²) in [6.45, 7) is 2.26. The summed E-state index contributed by atoms with van der Waals surface area (Å²) in [7, 11) is 3.15. The number of carbonyl (C=O) groups is 2. The van der Waals surface area contributed by atoms with Crippen molar-refractivity contribution in [2.75, 3.05) is 25.7 Å². The molecule has 8 heteroatoms. The van der Waals surface area contributed by atoms with E-state index >= 15 is 0 Å². The Morgan fingerprint density at radius 3 is 2.53 bits per heavy atom. The molecule has 0 saturated heterocycles. The van der Waals surface area contributed by atoms with E-state index in [0.29, 0.717) is 30.0 Å². The minimum Gasteiger partial charge on any atom is -0.383 e. The average molecular weight is 412 g/mol. The van der Waals surface area contributed by atoms with Crippen molar-refractivity contribution in [1.82, 2.24) is 10.6 Å². The summed E-state index contributed by atoms with van der Waals surface area (Å²) in [5, 5.41) is 5.38. The number of likely N-dealkylation sites (N-methyl/N-ethyl adjacent to an activating group) is 1. The molecule has 30 heavy (non-hydrogen) atoms. The topological polar surface area (TPSA) is 83.0 Å². The number of ether oxygens (including phenoxy) is 1. The van der Waals surface area contributed by atoms with Crippen LogP contribution < -0.4 is 15.5 Å². The van der Waals surface area contributed by atoms with E-state index in [1.807, 2.05) is 6.92 Å². The van der Waals surface area contributed by atoms with Crippen LogP contribution in [0.1, 0.15) is 24.5 Å². The van der Waals surface area contributed by atoms with Crippen LogP contribution in [0.2, 0.25) is 0 Å². The standard InChI is InChI=1S/C22H25FN4O3/c1-4-14(13-30-3)24-22(29)26-20-21(28)27(2)18-12-8-6-10-16(18)19(25-20)15-9-5-7-11-17(15)23/h5-12,14,20H,4,13H2,1-3H3,(H2,24,26,29). The Kier molecular flexibility index (Phi) is 6.79. The van der Waals surface area contributed by atoms with E-state index in [1.54, 1.807) is 56.6 Å². The number of nitrogens with zero attached hydrogens (tertiary/aromatic N) is 2. The van der Waals surface area contributed by atoms with Gasteiger partial charge in [-0.05, 0) is 24.6 Å². The molecule has 3 rings (SSSR count). The molecular formula is C22H25FN4O3. The molecule has 2 aromatic rings. The van der Waals surface area contributed by atoms with Crippen LogP contribution in [-0.2, 0) is 9.53 Å². The summed E-state index contributed by atoms with van der Waals surface area (Å²) < 4.78 is 19.7. The van der Waals surface area contributed by atoms with Gasteiger partial charge in [0.05, 0.1) is 24.0 Å². The molecule has 7 nitrogen and oxygen atoms in total. The van der Waals surface area contributed by atoms with Gasteiger partial charge in [-0.3, -0.25) is 4.79 Å². The fourth-order valence-corrected chi connectivity index (χ4v) is 3.30. The molecule has 0 bridgehead atoms. The van der Waals surface area contributed by atoms with E-state index in [4.69, 9.17) is 4.74 Å². The summed E-state index contributed by atoms with van der Waals surface area (Å²) in [5.41, 5.74) is 1.75. The van der Waals surface area contributed by atoms with E-state index in [2.05, 4.69) is 15.6 Å². The molecule has 1 heterocycles. The van der Waals surface area contributed by atoms with Gasteiger partial charge in [0.25, 0.3) is 5.91 Å². The summed E-state index contributed by atoms with van der Waals surface area (Å²) in [4.78, 5) is 31.5. The third-order valence-corrected chi connectivity index (χ3v) is 4.94. The molecule has 0 spiro atoms. The first-order chi connectivity index (χ1) is 14.5. The highest BCUT2D eigenvalue weighted by Crippen LogP contribution is 2.27. The molecule has 2 N–H and O–H groups in total. The lowest BCUT2D eigenvalue weighted by atomic mass is 10.00. The van der Waals surface area contributed by atoms with Crippen molar-refractivity contribution in [3.05, 3.63) is 65.5 Å². The van der Waals surface area contributed by atoms with Crippen molar-refractivity contribution in [3.8, 4) is 0 Å². The molecular weight excluding hydrogens is 387 g/mol. The normalized spacial score (nSPS) is 16.9. The van der Waals surface area contributed by atoms with Crippen molar-refractivity contribution in [1.29, 1.82) is 0 Å². The molecule has 0 radical (unpaired) electrons. The maximum atomic E-state index is 14.6. The number of carbonyl (C=O) groups excluding carboxylic acids is 2. The molecule has 0 aliphatic carbocycles. The predicted octanol–water partition coefficient (Wildman–Crippen LogP) is 2.69. The molecule has 2 aromatic carbocycles. The number of anilines is 1. The minimum absolute atomic E-state index is 0.208. The van der Waals surface area contributed by atoms with E-state index in [1.165, 1.54) is 11.0 Å². The van der Waals surface area contributed by atoms with Gasteiger partial charge in [-0.15, -0.1) is 0 Å². The van der Waals surface area contributed by atoms with Crippen molar-refractivity contribution < 1.29 is 18.7 Å². The number of nitrogens with one attached hydrogen (secondary N) is 2. The van der Waals surface area contributed by atoms with Crippen LogP contribution in [0, 0.1) is 5.82 Å². The first-order valence-corrected chi connectivity index (χ1v) is 9.71. The van der Waals surface area contributed by atoms with Crippen LogP contribution >= 0.6 is 0 Å². The SMILES string of the molecule is CCC(COC)NC(=O)NC1N=C(c2ccccc2F)c2ccccc2N(C)C1=O. The van der Waals surface area contributed by atoms with Gasteiger partial charge >= 0.3 is 6.03 Å². The monoisotopic (exact) mass is 412 g/mol. The Balaban J connectivity index is 2.00. The third-order valence-electron chi connectivity index (χ3n) is 4.94. The Morgan fingerprint density at radius 2 is 1.87 bits per heavy atom. The molecule has 0 fully saturated rings. The maximum absolute atomic E-state index is 14.6. The summed E-state index contributed by atoms with van der Waals surface area (Å²) in [5.74, 6) is -0.888. The smallest absolute Gasteiger partial charge is 0.317 e. The molecule has 3 amide bonds. The van der Waals surface area contributed by atoms with Crippen LogP contribution in [0.5, 0.6) is 0 Å². The number of hydrogen-bond acceptors (Lipinski definition) is 4. The van der Waals surface area contributed by atoms with Crippen LogP contribution in [0.25, 0.3) is 0 Å². The Bertz CT molecular complexity index is 963. The number of hydrogen-bond donors (Lipinski definition) is 2. The van der Waals surface area contributed by atoms with E-state index in [0.717, 1.165) is 0 Å². The lowest BCUT2D eigenvalue weighted by Gasteiger charge is -2.22. The number of amides is 3. The van der Waals surface area contributed by atoms with Gasteiger partial charge in [0.2, 0.25) is 6.17 Å². The first-order valence-electron chi connectivity index (χ1n) is 9.71. The average Bonchev–Trinajstić information content (AvgIpc) is 2.85. The van der Waals surface area contributed by atoms with Crippen LogP contribution in [0.4, 0.5) is 14.9 Å². The van der Waals surface area contributed by atoms with E-state index in [-0.39, 0.29) is 11.6 Å². The van der Waals surface area contributed by atoms with Crippen molar-refractivity contribution >= 4 is 23.3 Å². The lowest BCUT2D eigenvalue weighted by molar-refractivity contribution is -0.119. The Labute approximate surface area is 174 Å². The molecule has 0 saturated carbocycles. The second-order valence-electron chi connectivity index (χ2n) is 6.95. The predicted molar refractivity (Wildman–Crippen MR) is 113 cm³/mol. The zero-order valence-electron chi connectivity index (χ0n) is 17.2. The molecule has 1 aliphatic heterocycles. The highest BCUT2D eigenvalue weighted by molar-refractivity contribution is 6.20. The van der Waals surface area contributed by atoms with Crippen molar-refractivity contribution in [3.63, 3.8) is 0 Å². The highest BCUT2D eigenvalue weighted by atomic mass is 19.1. The van der Waals surface area contributed by atoms with E-state index in [9.17, 15) is 14.0 Å². The van der Waals surface area contributed by atoms with Crippen LogP contribution in [0.3, 0.4) is 0 Å². The quantitative estimate of drug-likeness (QED) is 0.765. The molecule has 2 atom stereocenters. The molecule has 0 aromatic heterocycles. The second-order valence-corrected chi connectivity index (χ2v) is 6.95. The van der Waals surface area contributed by atoms with Gasteiger partial charge in [0.15, 0.2) is 0 Å². The molecule has 158 valence electrons. The largest absolute Gasteiger partial charge is 0.383 e. The number of urea groups is 1. The minimum atomic E-state index is -1.21. The van der Waals surface area contributed by atoms with Gasteiger partial charge < -0.3 is 20.3 Å². The summed E-state index contributed by atoms with van der Waals surface area (Å²) in [6, 6.07) is 12.6. The second kappa shape index (κ2) is 9.49. The Morgan fingerprint density at radius 1 is 1.20 bits per heavy atom. The summed E-state index contributed by atoms with van der Waals surface area (Å²) >= 11 is 0. The number of para-hydroxylation sites is 1. The number of rotatable bonds is 6. The number of halogens is 1. The third kappa shape index (κ3) is 4.49. The fraction of sp³-hybridized carbons (Fsp3) is 0.318. The summed E-state index contributed by atoms with van der Waals surface area (Å²) in [6.07, 6.45) is -0.549. The van der Waals surface area contributed by atoms with Crippen LogP contribution in [0.15, 0.2) is 53.5 Å². The molecule has 2 unspecified atom stereocenters. The van der Waals surface area contributed by atoms with E-state index < -0.39 is 23.9 Å². The first kappa shape index (κ1) is 21.4. The van der Waals surface area contributed by atoms with Crippen molar-refractivity contribution in [2.45, 2.75) is 25.6 Å². The number of fused-ring (bicyclic) bond motifs is 1. The van der Waals surface area contributed by atoms with Gasteiger partial charge in [0.1, 0.15) is 5.82 Å². The lowest BCUT2D eigenvalue weighted by Crippen LogP contribution is -2.52. The highest BCUT2D eigenvalue weighted by Gasteiger charge is 2.31. The zero-order valence-corrected chi connectivity index (χ0v) is 17.2. The fourth-order valence-electron chi connectivity index (χ4n) is 3.30. The van der Waals surface area contributed by atoms with Gasteiger partial charge in [0, 0.05) is 25.3 Å². The number of aliphatic imine (C=N–C) groups is 1. The van der Waals surface area contributed by atoms with Gasteiger partial charge in [-0.25, -0.2) is 14.2 Å². The number of benzene rings is 2. The maximum Gasteiger partial charge on any atom is 0.317 e. The number of benzodiazepines with no additional fused rings is 1. The molecule has 1 aliphatic rings. The van der Waals surface area contributed by atoms with Crippen LogP contribution in [-0.4, -0.2) is 50.6 Å². The zero-order chi connectivity index (χ0) is 21.7. The van der Waals surface area contributed by atoms with Gasteiger partial charge in [-0.1, -0.05) is 37.3 Å². The Hall–Kier alpha value is -3.26. The number of methoxy groups -OCH3 is 1.